The number of fused-ring (bicyclic) bond motifs is 1. The summed E-state index contributed by atoms with van der Waals surface area (Å²) in [5.41, 5.74) is 2.84. The van der Waals surface area contributed by atoms with Crippen molar-refractivity contribution in [3.8, 4) is 11.6 Å². The number of aliphatic imine (C=N–C) groups is 1. The smallest absolute Gasteiger partial charge is 0.481 e. The molecule has 11 heteroatoms. The Bertz CT molecular complexity index is 1350. The molecule has 1 aromatic carbocycles. The van der Waals surface area contributed by atoms with Gasteiger partial charge in [-0.1, -0.05) is 6.58 Å². The molecule has 38 heavy (non-hydrogen) atoms. The molecule has 0 saturated heterocycles. The summed E-state index contributed by atoms with van der Waals surface area (Å²) in [5, 5.41) is 8.95. The van der Waals surface area contributed by atoms with Crippen LogP contribution in [0.4, 0.5) is 13.2 Å². The third-order valence-corrected chi connectivity index (χ3v) is 6.23. The number of hydrogen-bond acceptors (Lipinski definition) is 6. The topological polar surface area (TPSA) is 110 Å². The highest BCUT2D eigenvalue weighted by Crippen LogP contribution is 2.29. The Morgan fingerprint density at radius 3 is 2.63 bits per heavy atom. The Morgan fingerprint density at radius 1 is 1.24 bits per heavy atom. The second kappa shape index (κ2) is 11.5. The molecule has 200 valence electrons. The minimum atomic E-state index is -4.77. The van der Waals surface area contributed by atoms with Crippen LogP contribution in [0.5, 0.6) is 11.6 Å². The minimum absolute atomic E-state index is 0.0106. The molecule has 0 aliphatic heterocycles. The van der Waals surface area contributed by atoms with E-state index in [0.717, 1.165) is 31.2 Å². The number of alkyl halides is 3. The van der Waals surface area contributed by atoms with E-state index in [9.17, 15) is 18.0 Å². The zero-order valence-corrected chi connectivity index (χ0v) is 20.7. The van der Waals surface area contributed by atoms with Gasteiger partial charge in [-0.15, -0.1) is 13.2 Å². The number of pyridine rings is 1. The first-order chi connectivity index (χ1) is 18.1. The molecule has 0 spiro atoms. The van der Waals surface area contributed by atoms with E-state index in [1.165, 1.54) is 18.2 Å². The standard InChI is InChI=1S/C27H27F3N4O4/c1-3-21(18-6-11-24(32-15-18)37-19-7-4-17(5-8-19)12-25(35)36)31-14-16(2)26-33-22-10-9-20(13-23(22)34-26)38-27(28,29)30/h3,6,9-11,13-15,17,19H,1,4-5,7-8,12H2,2H3,(H,33,34)(H,35,36)/b16-14+,31-21?. The largest absolute Gasteiger partial charge is 0.573 e. The lowest BCUT2D eigenvalue weighted by Gasteiger charge is -2.27. The van der Waals surface area contributed by atoms with Crippen LogP contribution in [-0.2, 0) is 4.79 Å². The number of nitrogens with one attached hydrogen (secondary N) is 1. The lowest BCUT2D eigenvalue weighted by molar-refractivity contribution is -0.274. The van der Waals surface area contributed by atoms with Crippen LogP contribution in [0.2, 0.25) is 0 Å². The number of carbonyl (C=O) groups is 1. The van der Waals surface area contributed by atoms with Gasteiger partial charge in [0, 0.05) is 42.1 Å². The van der Waals surface area contributed by atoms with Gasteiger partial charge in [-0.3, -0.25) is 9.79 Å². The Labute approximate surface area is 216 Å². The summed E-state index contributed by atoms with van der Waals surface area (Å²) in [5.74, 6) is 0.0473. The van der Waals surface area contributed by atoms with E-state index in [1.807, 2.05) is 6.07 Å². The van der Waals surface area contributed by atoms with Gasteiger partial charge in [0.2, 0.25) is 5.88 Å². The van der Waals surface area contributed by atoms with Gasteiger partial charge in [-0.05, 0) is 62.8 Å². The van der Waals surface area contributed by atoms with E-state index >= 15 is 0 Å². The number of rotatable bonds is 9. The average molecular weight is 529 g/mol. The lowest BCUT2D eigenvalue weighted by Crippen LogP contribution is -2.25. The number of aromatic amines is 1. The van der Waals surface area contributed by atoms with E-state index in [2.05, 4.69) is 31.3 Å². The zero-order valence-electron chi connectivity index (χ0n) is 20.7. The molecule has 1 aliphatic carbocycles. The molecule has 1 aliphatic rings. The van der Waals surface area contributed by atoms with Crippen LogP contribution in [0.1, 0.15) is 50.4 Å². The zero-order chi connectivity index (χ0) is 27.3. The third-order valence-electron chi connectivity index (χ3n) is 6.23. The Hall–Kier alpha value is -4.15. The summed E-state index contributed by atoms with van der Waals surface area (Å²) in [4.78, 5) is 27.1. The molecule has 1 saturated carbocycles. The summed E-state index contributed by atoms with van der Waals surface area (Å²) in [6.07, 6.45) is 3.48. The number of benzene rings is 1. The quantitative estimate of drug-likeness (QED) is 0.315. The number of carboxylic acids is 1. The van der Waals surface area contributed by atoms with E-state index in [4.69, 9.17) is 9.84 Å². The predicted molar refractivity (Wildman–Crippen MR) is 136 cm³/mol. The lowest BCUT2D eigenvalue weighted by atomic mass is 9.85. The van der Waals surface area contributed by atoms with Crippen molar-refractivity contribution in [3.63, 3.8) is 0 Å². The van der Waals surface area contributed by atoms with Crippen LogP contribution in [0.15, 0.2) is 60.4 Å². The molecule has 1 fully saturated rings. The average Bonchev–Trinajstić information content (AvgIpc) is 3.29. The normalized spacial score (nSPS) is 18.8. The van der Waals surface area contributed by atoms with E-state index in [1.54, 1.807) is 31.5 Å². The van der Waals surface area contributed by atoms with Gasteiger partial charge in [-0.2, -0.15) is 0 Å². The van der Waals surface area contributed by atoms with Gasteiger partial charge in [0.25, 0.3) is 0 Å². The molecule has 0 amide bonds. The molecular weight excluding hydrogens is 501 g/mol. The predicted octanol–water partition coefficient (Wildman–Crippen LogP) is 6.30. The number of hydrogen-bond donors (Lipinski definition) is 2. The second-order valence-corrected chi connectivity index (χ2v) is 9.09. The van der Waals surface area contributed by atoms with Crippen molar-refractivity contribution in [1.82, 2.24) is 15.0 Å². The van der Waals surface area contributed by atoms with Crippen LogP contribution >= 0.6 is 0 Å². The van der Waals surface area contributed by atoms with Gasteiger partial charge < -0.3 is 19.6 Å². The van der Waals surface area contributed by atoms with Crippen LogP contribution in [0, 0.1) is 5.92 Å². The van der Waals surface area contributed by atoms with Crippen LogP contribution < -0.4 is 9.47 Å². The monoisotopic (exact) mass is 528 g/mol. The number of nitrogens with zero attached hydrogens (tertiary/aromatic N) is 3. The van der Waals surface area contributed by atoms with Crippen molar-refractivity contribution < 1.29 is 32.5 Å². The molecular formula is C27H27F3N4O4. The van der Waals surface area contributed by atoms with Crippen molar-refractivity contribution in [2.45, 2.75) is 51.5 Å². The highest BCUT2D eigenvalue weighted by atomic mass is 19.4. The highest BCUT2D eigenvalue weighted by molar-refractivity contribution is 6.08. The van der Waals surface area contributed by atoms with Gasteiger partial charge >= 0.3 is 12.3 Å². The first-order valence-corrected chi connectivity index (χ1v) is 12.1. The number of aliphatic carboxylic acids is 1. The number of H-pyrrole nitrogens is 1. The SMILES string of the molecule is C=CC(=N/C=C(\C)c1nc2ccc(OC(F)(F)F)cc2[nH]1)c1ccc(OC2CCC(CC(=O)O)CC2)nc1. The van der Waals surface area contributed by atoms with Crippen molar-refractivity contribution in [2.24, 2.45) is 10.9 Å². The van der Waals surface area contributed by atoms with Crippen LogP contribution in [0.3, 0.4) is 0 Å². The van der Waals surface area contributed by atoms with Gasteiger partial charge in [-0.25, -0.2) is 9.97 Å². The highest BCUT2D eigenvalue weighted by Gasteiger charge is 2.31. The molecule has 2 N–H and O–H groups in total. The molecule has 2 heterocycles. The van der Waals surface area contributed by atoms with Crippen molar-refractivity contribution in [3.05, 3.63) is 66.8 Å². The Morgan fingerprint density at radius 2 is 2.00 bits per heavy atom. The molecule has 4 rings (SSSR count). The molecule has 8 nitrogen and oxygen atoms in total. The van der Waals surface area contributed by atoms with E-state index < -0.39 is 12.3 Å². The molecule has 0 bridgehead atoms. The maximum Gasteiger partial charge on any atom is 0.573 e. The Kier molecular flexibility index (Phi) is 8.13. The number of aromatic nitrogens is 3. The fourth-order valence-corrected chi connectivity index (χ4v) is 4.32. The maximum atomic E-state index is 12.5. The number of ether oxygens (including phenoxy) is 2. The summed E-state index contributed by atoms with van der Waals surface area (Å²) < 4.78 is 47.4. The second-order valence-electron chi connectivity index (χ2n) is 9.09. The van der Waals surface area contributed by atoms with Crippen LogP contribution in [-0.4, -0.2) is 44.2 Å². The van der Waals surface area contributed by atoms with Crippen molar-refractivity contribution in [2.75, 3.05) is 0 Å². The number of carboxylic acid groups (broad SMARTS) is 1. The van der Waals surface area contributed by atoms with Gasteiger partial charge in [0.15, 0.2) is 0 Å². The first kappa shape index (κ1) is 26.9. The molecule has 2 aromatic heterocycles. The third kappa shape index (κ3) is 7.21. The fourth-order valence-electron chi connectivity index (χ4n) is 4.32. The Balaban J connectivity index is 1.41. The fraction of sp³-hybridized carbons (Fsp3) is 0.333. The molecule has 3 aromatic rings. The van der Waals surface area contributed by atoms with Crippen molar-refractivity contribution in [1.29, 1.82) is 0 Å². The summed E-state index contributed by atoms with van der Waals surface area (Å²) in [6.45, 7) is 5.59. The van der Waals surface area contributed by atoms with E-state index in [-0.39, 0.29) is 24.2 Å². The molecule has 0 radical (unpaired) electrons. The summed E-state index contributed by atoms with van der Waals surface area (Å²) >= 11 is 0. The minimum Gasteiger partial charge on any atom is -0.481 e. The summed E-state index contributed by atoms with van der Waals surface area (Å²) in [6, 6.07) is 7.47. The number of allylic oxidation sites excluding steroid dienone is 2. The summed E-state index contributed by atoms with van der Waals surface area (Å²) in [7, 11) is 0. The van der Waals surface area contributed by atoms with Crippen LogP contribution in [0.25, 0.3) is 16.6 Å². The van der Waals surface area contributed by atoms with Crippen molar-refractivity contribution >= 4 is 28.3 Å². The number of halogens is 3. The molecule has 0 atom stereocenters. The first-order valence-electron chi connectivity index (χ1n) is 12.1. The molecule has 0 unspecified atom stereocenters. The maximum absolute atomic E-state index is 12.5. The van der Waals surface area contributed by atoms with E-state index in [0.29, 0.717) is 34.0 Å². The number of imidazole rings is 1. The van der Waals surface area contributed by atoms with Gasteiger partial charge in [0.05, 0.1) is 16.7 Å². The van der Waals surface area contributed by atoms with Gasteiger partial charge in [0.1, 0.15) is 17.7 Å².